The van der Waals surface area contributed by atoms with Crippen molar-refractivity contribution >= 4 is 28.7 Å². The molecule has 1 amide bonds. The van der Waals surface area contributed by atoms with Crippen molar-refractivity contribution in [2.24, 2.45) is 7.05 Å². The summed E-state index contributed by atoms with van der Waals surface area (Å²) >= 11 is 0. The standard InChI is InChI=1S/C29H24N2O5/c1-30-16-19(13-25-28(34)27-23(33)14-20(32)15-24(27)36-25)26-21(5-4-6-22(26)30)17-7-9-18(10-8-17)29(35)31-11-2-3-12-31/h4-10,13-16,32-33H,2-3,11-12H2,1H3/b25-13-. The molecule has 6 rings (SSSR count). The van der Waals surface area contributed by atoms with Gasteiger partial charge in [0.1, 0.15) is 22.8 Å². The number of hydrogen-bond acceptors (Lipinski definition) is 5. The van der Waals surface area contributed by atoms with Gasteiger partial charge in [0.25, 0.3) is 5.91 Å². The molecule has 2 aliphatic heterocycles. The molecular formula is C29H24N2O5. The Balaban J connectivity index is 1.41. The van der Waals surface area contributed by atoms with Crippen LogP contribution < -0.4 is 4.74 Å². The van der Waals surface area contributed by atoms with Gasteiger partial charge in [0.2, 0.25) is 5.78 Å². The maximum Gasteiger partial charge on any atom is 0.253 e. The first-order valence-corrected chi connectivity index (χ1v) is 11.9. The molecule has 1 aromatic heterocycles. The van der Waals surface area contributed by atoms with Crippen molar-refractivity contribution in [3.63, 3.8) is 0 Å². The predicted octanol–water partition coefficient (Wildman–Crippen LogP) is 5.11. The third-order valence-corrected chi connectivity index (χ3v) is 6.90. The van der Waals surface area contributed by atoms with Crippen LogP contribution >= 0.6 is 0 Å². The second-order valence-corrected chi connectivity index (χ2v) is 9.25. The van der Waals surface area contributed by atoms with Crippen LogP contribution in [0.1, 0.15) is 39.1 Å². The number of aromatic hydroxyl groups is 2. The lowest BCUT2D eigenvalue weighted by Crippen LogP contribution is -2.27. The monoisotopic (exact) mass is 480 g/mol. The molecule has 0 spiro atoms. The first kappa shape index (κ1) is 22.0. The number of hydrogen-bond donors (Lipinski definition) is 2. The number of likely N-dealkylation sites (tertiary alicyclic amines) is 1. The summed E-state index contributed by atoms with van der Waals surface area (Å²) in [4.78, 5) is 27.6. The fourth-order valence-electron chi connectivity index (χ4n) is 5.14. The minimum Gasteiger partial charge on any atom is -0.508 e. The summed E-state index contributed by atoms with van der Waals surface area (Å²) in [6.07, 6.45) is 5.69. The van der Waals surface area contributed by atoms with Crippen molar-refractivity contribution in [1.82, 2.24) is 9.47 Å². The van der Waals surface area contributed by atoms with Crippen LogP contribution in [0.5, 0.6) is 17.2 Å². The minimum absolute atomic E-state index is 0.0396. The van der Waals surface area contributed by atoms with Crippen LogP contribution in [0.15, 0.2) is 66.6 Å². The molecule has 2 N–H and O–H groups in total. The lowest BCUT2D eigenvalue weighted by atomic mass is 9.97. The number of phenolic OH excluding ortho intramolecular Hbond substituents is 2. The summed E-state index contributed by atoms with van der Waals surface area (Å²) in [6, 6.07) is 16.1. The van der Waals surface area contributed by atoms with Crippen LogP contribution in [0.4, 0.5) is 0 Å². The molecule has 180 valence electrons. The highest BCUT2D eigenvalue weighted by Crippen LogP contribution is 2.41. The van der Waals surface area contributed by atoms with Gasteiger partial charge < -0.3 is 24.4 Å². The van der Waals surface area contributed by atoms with Crippen LogP contribution in [0.2, 0.25) is 0 Å². The number of carbonyl (C=O) groups excluding carboxylic acids is 2. The lowest BCUT2D eigenvalue weighted by molar-refractivity contribution is 0.0792. The predicted molar refractivity (Wildman–Crippen MR) is 136 cm³/mol. The number of Topliss-reactive ketones (excluding diaryl/α,β-unsaturated/α-hetero) is 1. The highest BCUT2D eigenvalue weighted by molar-refractivity contribution is 6.17. The van der Waals surface area contributed by atoms with Crippen LogP contribution in [-0.2, 0) is 7.05 Å². The molecule has 0 unspecified atom stereocenters. The highest BCUT2D eigenvalue weighted by atomic mass is 16.5. The van der Waals surface area contributed by atoms with Crippen LogP contribution in [0.25, 0.3) is 28.1 Å². The van der Waals surface area contributed by atoms with Crippen molar-refractivity contribution in [2.45, 2.75) is 12.8 Å². The topological polar surface area (TPSA) is 92.0 Å². The fourth-order valence-corrected chi connectivity index (χ4v) is 5.14. The molecular weight excluding hydrogens is 456 g/mol. The molecule has 1 fully saturated rings. The summed E-state index contributed by atoms with van der Waals surface area (Å²) in [5.41, 5.74) is 4.38. The molecule has 3 aromatic carbocycles. The van der Waals surface area contributed by atoms with E-state index in [1.54, 1.807) is 6.08 Å². The molecule has 1 saturated heterocycles. The van der Waals surface area contributed by atoms with Gasteiger partial charge in [-0.05, 0) is 48.2 Å². The number of nitrogens with zero attached hydrogens (tertiary/aromatic N) is 2. The molecule has 2 aliphatic rings. The Labute approximate surface area is 207 Å². The summed E-state index contributed by atoms with van der Waals surface area (Å²) in [5.74, 6) is -0.683. The van der Waals surface area contributed by atoms with Gasteiger partial charge in [-0.3, -0.25) is 9.59 Å². The van der Waals surface area contributed by atoms with Crippen molar-refractivity contribution < 1.29 is 24.5 Å². The second-order valence-electron chi connectivity index (χ2n) is 9.25. The average molecular weight is 481 g/mol. The quantitative estimate of drug-likeness (QED) is 0.398. The Morgan fingerprint density at radius 3 is 2.53 bits per heavy atom. The number of aryl methyl sites for hydroxylation is 1. The zero-order valence-corrected chi connectivity index (χ0v) is 19.7. The van der Waals surface area contributed by atoms with Gasteiger partial charge >= 0.3 is 0 Å². The number of benzene rings is 3. The van der Waals surface area contributed by atoms with Crippen LogP contribution in [-0.4, -0.2) is 44.5 Å². The SMILES string of the molecule is Cn1cc(/C=C2\Oc3cc(O)cc(O)c3C2=O)c2c(-c3ccc(C(=O)N4CCCC4)cc3)cccc21. The zero-order valence-electron chi connectivity index (χ0n) is 19.7. The number of allylic oxidation sites excluding steroid dienone is 1. The molecule has 36 heavy (non-hydrogen) atoms. The number of aromatic nitrogens is 1. The van der Waals surface area contributed by atoms with E-state index in [-0.39, 0.29) is 34.5 Å². The van der Waals surface area contributed by atoms with E-state index >= 15 is 0 Å². The molecule has 7 nitrogen and oxygen atoms in total. The molecule has 7 heteroatoms. The number of ketones is 1. The fraction of sp³-hybridized carbons (Fsp3) is 0.172. The van der Waals surface area contributed by atoms with Gasteiger partial charge in [0.15, 0.2) is 5.76 Å². The summed E-state index contributed by atoms with van der Waals surface area (Å²) < 4.78 is 7.70. The number of amides is 1. The molecule has 0 radical (unpaired) electrons. The minimum atomic E-state index is -0.443. The van der Waals surface area contributed by atoms with E-state index in [9.17, 15) is 19.8 Å². The van der Waals surface area contributed by atoms with E-state index in [0.717, 1.165) is 59.6 Å². The zero-order chi connectivity index (χ0) is 25.0. The largest absolute Gasteiger partial charge is 0.508 e. The van der Waals surface area contributed by atoms with Gasteiger partial charge in [-0.1, -0.05) is 24.3 Å². The third kappa shape index (κ3) is 3.51. The lowest BCUT2D eigenvalue weighted by Gasteiger charge is -2.15. The maximum absolute atomic E-state index is 13.0. The third-order valence-electron chi connectivity index (χ3n) is 6.90. The van der Waals surface area contributed by atoms with Gasteiger partial charge in [0.05, 0.1) is 0 Å². The maximum atomic E-state index is 13.0. The Morgan fingerprint density at radius 1 is 1.03 bits per heavy atom. The molecule has 0 aliphatic carbocycles. The van der Waals surface area contributed by atoms with Gasteiger partial charge in [-0.25, -0.2) is 0 Å². The van der Waals surface area contributed by atoms with E-state index in [2.05, 4.69) is 0 Å². The number of carbonyl (C=O) groups is 2. The summed E-state index contributed by atoms with van der Waals surface area (Å²) in [5, 5.41) is 20.8. The smallest absolute Gasteiger partial charge is 0.253 e. The molecule has 0 bridgehead atoms. The second kappa shape index (κ2) is 8.30. The number of phenols is 2. The first-order valence-electron chi connectivity index (χ1n) is 11.9. The molecule has 0 atom stereocenters. The Kier molecular flexibility index (Phi) is 5.07. The van der Waals surface area contributed by atoms with E-state index in [4.69, 9.17) is 4.74 Å². The highest BCUT2D eigenvalue weighted by Gasteiger charge is 2.31. The number of fused-ring (bicyclic) bond motifs is 2. The Bertz CT molecular complexity index is 1570. The number of rotatable bonds is 3. The van der Waals surface area contributed by atoms with Gasteiger partial charge in [-0.15, -0.1) is 0 Å². The molecule has 0 saturated carbocycles. The van der Waals surface area contributed by atoms with Crippen molar-refractivity contribution in [3.8, 4) is 28.4 Å². The van der Waals surface area contributed by atoms with E-state index in [0.29, 0.717) is 5.56 Å². The van der Waals surface area contributed by atoms with Crippen molar-refractivity contribution in [2.75, 3.05) is 13.1 Å². The average Bonchev–Trinajstić information content (AvgIpc) is 3.58. The van der Waals surface area contributed by atoms with E-state index < -0.39 is 5.78 Å². The van der Waals surface area contributed by atoms with Crippen LogP contribution in [0, 0.1) is 0 Å². The molecule has 3 heterocycles. The Hall–Kier alpha value is -4.52. The van der Waals surface area contributed by atoms with E-state index in [1.807, 2.05) is 65.2 Å². The first-order chi connectivity index (χ1) is 17.4. The summed E-state index contributed by atoms with van der Waals surface area (Å²) in [7, 11) is 1.93. The summed E-state index contributed by atoms with van der Waals surface area (Å²) in [6.45, 7) is 1.62. The van der Waals surface area contributed by atoms with Gasteiger partial charge in [-0.2, -0.15) is 0 Å². The Morgan fingerprint density at radius 2 is 1.78 bits per heavy atom. The normalized spacial score (nSPS) is 16.1. The van der Waals surface area contributed by atoms with Gasteiger partial charge in [0, 0.05) is 60.5 Å². The molecule has 4 aromatic rings. The van der Waals surface area contributed by atoms with Crippen molar-refractivity contribution in [1.29, 1.82) is 0 Å². The number of ether oxygens (including phenoxy) is 1. The van der Waals surface area contributed by atoms with E-state index in [1.165, 1.54) is 6.07 Å². The van der Waals surface area contributed by atoms with Crippen LogP contribution in [0.3, 0.4) is 0 Å². The van der Waals surface area contributed by atoms with Crippen molar-refractivity contribution in [3.05, 3.63) is 83.2 Å².